The van der Waals surface area contributed by atoms with Gasteiger partial charge in [0.15, 0.2) is 0 Å². The first-order chi connectivity index (χ1) is 12.3. The number of rotatable bonds is 7. The number of hydrogen-bond donors (Lipinski definition) is 1. The monoisotopic (exact) mass is 343 g/mol. The van der Waals surface area contributed by atoms with Gasteiger partial charge in [-0.05, 0) is 49.8 Å². The Kier molecular flexibility index (Phi) is 7.00. The minimum atomic E-state index is 0.128. The van der Waals surface area contributed by atoms with Crippen LogP contribution in [0, 0.1) is 0 Å². The first kappa shape index (κ1) is 18.1. The van der Waals surface area contributed by atoms with Gasteiger partial charge in [-0.25, -0.2) is 0 Å². The lowest BCUT2D eigenvalue weighted by atomic mass is 9.94. The van der Waals surface area contributed by atoms with Crippen molar-refractivity contribution in [3.63, 3.8) is 0 Å². The second-order valence-electron chi connectivity index (χ2n) is 6.86. The summed E-state index contributed by atoms with van der Waals surface area (Å²) in [5.74, 6) is 0.162. The highest BCUT2D eigenvalue weighted by Gasteiger charge is 2.14. The van der Waals surface area contributed by atoms with Crippen LogP contribution in [0.4, 0.5) is 0 Å². The van der Waals surface area contributed by atoms with Crippen LogP contribution < -0.4 is 5.32 Å². The van der Waals surface area contributed by atoms with Crippen molar-refractivity contribution < 1.29 is 9.53 Å². The van der Waals surface area contributed by atoms with Gasteiger partial charge in [0, 0.05) is 31.9 Å². The summed E-state index contributed by atoms with van der Waals surface area (Å²) in [5, 5.41) is 3.13. The van der Waals surface area contributed by atoms with Crippen LogP contribution in [0.5, 0.6) is 0 Å². The van der Waals surface area contributed by atoms with E-state index in [0.717, 1.165) is 65.0 Å². The highest BCUT2D eigenvalue weighted by Crippen LogP contribution is 2.23. The van der Waals surface area contributed by atoms with E-state index in [9.17, 15) is 4.79 Å². The lowest BCUT2D eigenvalue weighted by Gasteiger charge is -2.26. The predicted molar refractivity (Wildman–Crippen MR) is 101 cm³/mol. The fourth-order valence-corrected chi connectivity index (χ4v) is 3.41. The maximum absolute atomic E-state index is 12.1. The number of nitrogens with one attached hydrogen (secondary N) is 1. The first-order valence-electron chi connectivity index (χ1n) is 9.50. The normalized spacial score (nSPS) is 23.9. The molecule has 0 aromatic carbocycles. The average molecular weight is 343 g/mol. The molecule has 1 aliphatic carbocycles. The van der Waals surface area contributed by atoms with E-state index < -0.39 is 0 Å². The standard InChI is InChI=1S/C20H29N3O2/c24-20(5-1-2-11-23-12-14-25-15-13-23)22-19-8-6-17(7-9-19)18-4-3-10-21-16-18/h6-8,10,16,19H,1-5,9,11-15H2,(H,22,24). The second-order valence-corrected chi connectivity index (χ2v) is 6.86. The van der Waals surface area contributed by atoms with Gasteiger partial charge in [-0.3, -0.25) is 14.7 Å². The zero-order chi connectivity index (χ0) is 17.3. The van der Waals surface area contributed by atoms with Crippen molar-refractivity contribution in [1.29, 1.82) is 0 Å². The van der Waals surface area contributed by atoms with E-state index >= 15 is 0 Å². The van der Waals surface area contributed by atoms with Crippen LogP contribution in [-0.4, -0.2) is 55.9 Å². The maximum atomic E-state index is 12.1. The second kappa shape index (κ2) is 9.68. The molecule has 0 aromatic rings. The fourth-order valence-electron chi connectivity index (χ4n) is 3.41. The SMILES string of the molecule is O=C(CCCCN1CCOCC1)NC1C=CC(C2=CN=CCC2)=CC1. The molecule has 5 nitrogen and oxygen atoms in total. The predicted octanol–water partition coefficient (Wildman–Crippen LogP) is 2.61. The molecule has 0 radical (unpaired) electrons. The van der Waals surface area contributed by atoms with E-state index in [2.05, 4.69) is 33.4 Å². The van der Waals surface area contributed by atoms with Gasteiger partial charge in [0.1, 0.15) is 0 Å². The summed E-state index contributed by atoms with van der Waals surface area (Å²) in [7, 11) is 0. The maximum Gasteiger partial charge on any atom is 0.220 e. The van der Waals surface area contributed by atoms with Gasteiger partial charge in [-0.1, -0.05) is 18.2 Å². The van der Waals surface area contributed by atoms with Crippen molar-refractivity contribution in [2.45, 2.75) is 44.6 Å². The van der Waals surface area contributed by atoms with E-state index in [4.69, 9.17) is 4.74 Å². The van der Waals surface area contributed by atoms with E-state index in [-0.39, 0.29) is 11.9 Å². The van der Waals surface area contributed by atoms with E-state index in [0.29, 0.717) is 6.42 Å². The number of ether oxygens (including phenoxy) is 1. The molecule has 3 rings (SSSR count). The summed E-state index contributed by atoms with van der Waals surface area (Å²) in [6.45, 7) is 4.80. The molecule has 1 fully saturated rings. The Morgan fingerprint density at radius 1 is 1.32 bits per heavy atom. The van der Waals surface area contributed by atoms with Crippen molar-refractivity contribution in [1.82, 2.24) is 10.2 Å². The Balaban J connectivity index is 1.31. The molecular formula is C20H29N3O2. The molecule has 0 bridgehead atoms. The molecule has 0 saturated carbocycles. The van der Waals surface area contributed by atoms with Crippen molar-refractivity contribution >= 4 is 12.1 Å². The van der Waals surface area contributed by atoms with Gasteiger partial charge in [0.25, 0.3) is 0 Å². The molecule has 1 saturated heterocycles. The van der Waals surface area contributed by atoms with Crippen molar-refractivity contribution in [2.75, 3.05) is 32.8 Å². The molecule has 1 N–H and O–H groups in total. The summed E-state index contributed by atoms with van der Waals surface area (Å²) in [5.41, 5.74) is 2.56. The Hall–Kier alpha value is -1.72. The molecule has 0 spiro atoms. The zero-order valence-electron chi connectivity index (χ0n) is 15.0. The topological polar surface area (TPSA) is 53.9 Å². The molecular weight excluding hydrogens is 314 g/mol. The smallest absolute Gasteiger partial charge is 0.220 e. The molecule has 0 aromatic heterocycles. The lowest BCUT2D eigenvalue weighted by Crippen LogP contribution is -2.37. The minimum Gasteiger partial charge on any atom is -0.379 e. The fraction of sp³-hybridized carbons (Fsp3) is 0.600. The highest BCUT2D eigenvalue weighted by molar-refractivity contribution is 5.76. The molecule has 1 unspecified atom stereocenters. The van der Waals surface area contributed by atoms with Crippen LogP contribution in [0.15, 0.2) is 40.6 Å². The molecule has 3 aliphatic rings. The van der Waals surface area contributed by atoms with Crippen molar-refractivity contribution in [3.05, 3.63) is 35.6 Å². The third kappa shape index (κ3) is 5.94. The number of carbonyl (C=O) groups excluding carboxylic acids is 1. The van der Waals surface area contributed by atoms with Crippen LogP contribution in [0.2, 0.25) is 0 Å². The molecule has 1 amide bonds. The summed E-state index contributed by atoms with van der Waals surface area (Å²) in [6, 6.07) is 0.128. The van der Waals surface area contributed by atoms with Gasteiger partial charge in [0.2, 0.25) is 5.91 Å². The Labute approximate surface area is 150 Å². The van der Waals surface area contributed by atoms with E-state index in [1.54, 1.807) is 0 Å². The Morgan fingerprint density at radius 3 is 2.92 bits per heavy atom. The molecule has 25 heavy (non-hydrogen) atoms. The number of nitrogens with zero attached hydrogens (tertiary/aromatic N) is 2. The summed E-state index contributed by atoms with van der Waals surface area (Å²) >= 11 is 0. The lowest BCUT2D eigenvalue weighted by molar-refractivity contribution is -0.121. The number of hydrogen-bond acceptors (Lipinski definition) is 4. The minimum absolute atomic E-state index is 0.128. The molecule has 1 atom stereocenters. The number of aliphatic imine (C=N–C) groups is 1. The third-order valence-corrected chi connectivity index (χ3v) is 4.93. The molecule has 5 heteroatoms. The van der Waals surface area contributed by atoms with Gasteiger partial charge < -0.3 is 10.1 Å². The van der Waals surface area contributed by atoms with Crippen LogP contribution in [-0.2, 0) is 9.53 Å². The number of morpholine rings is 1. The Morgan fingerprint density at radius 2 is 2.20 bits per heavy atom. The summed E-state index contributed by atoms with van der Waals surface area (Å²) in [4.78, 5) is 18.8. The third-order valence-electron chi connectivity index (χ3n) is 4.93. The summed E-state index contributed by atoms with van der Waals surface area (Å²) in [6.07, 6.45) is 15.9. The van der Waals surface area contributed by atoms with Crippen LogP contribution >= 0.6 is 0 Å². The number of allylic oxidation sites excluding steroid dienone is 3. The average Bonchev–Trinajstić information content (AvgIpc) is 2.67. The van der Waals surface area contributed by atoms with E-state index in [1.165, 1.54) is 11.1 Å². The molecule has 136 valence electrons. The van der Waals surface area contributed by atoms with Crippen LogP contribution in [0.25, 0.3) is 0 Å². The first-order valence-corrected chi connectivity index (χ1v) is 9.50. The van der Waals surface area contributed by atoms with Gasteiger partial charge >= 0.3 is 0 Å². The molecule has 2 heterocycles. The van der Waals surface area contributed by atoms with E-state index in [1.807, 2.05) is 12.4 Å². The van der Waals surface area contributed by atoms with Crippen molar-refractivity contribution in [3.8, 4) is 0 Å². The van der Waals surface area contributed by atoms with Crippen LogP contribution in [0.1, 0.15) is 38.5 Å². The number of unbranched alkanes of at least 4 members (excludes halogenated alkanes) is 1. The molecule has 2 aliphatic heterocycles. The number of carbonyl (C=O) groups is 1. The van der Waals surface area contributed by atoms with Gasteiger partial charge in [0.05, 0.1) is 19.3 Å². The quantitative estimate of drug-likeness (QED) is 0.723. The Bertz CT molecular complexity index is 571. The van der Waals surface area contributed by atoms with Gasteiger partial charge in [-0.15, -0.1) is 0 Å². The largest absolute Gasteiger partial charge is 0.379 e. The summed E-state index contributed by atoms with van der Waals surface area (Å²) < 4.78 is 5.35. The van der Waals surface area contributed by atoms with Crippen LogP contribution in [0.3, 0.4) is 0 Å². The highest BCUT2D eigenvalue weighted by atomic mass is 16.5. The van der Waals surface area contributed by atoms with Crippen molar-refractivity contribution in [2.24, 2.45) is 4.99 Å². The number of amides is 1. The van der Waals surface area contributed by atoms with Gasteiger partial charge in [-0.2, -0.15) is 0 Å². The zero-order valence-corrected chi connectivity index (χ0v) is 15.0.